The van der Waals surface area contributed by atoms with E-state index >= 15 is 0 Å². The number of aliphatic carboxylic acids is 1. The SMILES string of the molecule is [C-]#[N+]c1ccc(C(=O)Nc2ccc(C(C)(C)C(=O)O)cc2C2=CCC(C)(C)CC2)o1.[C-]#[N+]c1cnc(C(=O)Nc2ccc(CCN3CCN(CC)CC3)cc2C2=CCC(C)(C)CC2)[nH]1.[C-]#[N+]c1cnc(C(=O)Nc2ccc(CCN3CCS(=O)CC3)cc2C2=CCC(C)(C)CC2)[nH]1.[C-]#[N+]c1cnc(C(=O)Nc2ccc(CCN3CCSCC3)cc2C2=CCC(C)(C)CC2)[nH]1. The summed E-state index contributed by atoms with van der Waals surface area (Å²) in [7, 11) is -0.660. The number of benzene rings is 4. The number of furan rings is 1. The molecule has 4 aliphatic carbocycles. The number of thioether (sulfide) groups is 1. The highest BCUT2D eigenvalue weighted by atomic mass is 32.2. The zero-order valence-electron chi connectivity index (χ0n) is 76.6. The number of hydrogen-bond acceptors (Lipinski definition) is 15. The molecule has 4 amide bonds. The molecule has 4 aromatic carbocycles. The Morgan fingerprint density at radius 2 is 0.806 bits per heavy atom. The molecule has 7 heterocycles. The molecule has 129 heavy (non-hydrogen) atoms. The van der Waals surface area contributed by atoms with Crippen LogP contribution in [0.25, 0.3) is 41.7 Å². The number of nitrogens with zero attached hydrogens (tertiary/aromatic N) is 11. The minimum absolute atomic E-state index is 0.0520. The van der Waals surface area contributed by atoms with Crippen LogP contribution in [0.3, 0.4) is 0 Å². The Hall–Kier alpha value is -11.6. The van der Waals surface area contributed by atoms with E-state index < -0.39 is 28.1 Å². The summed E-state index contributed by atoms with van der Waals surface area (Å²) in [6.07, 6.45) is 28.4. The third-order valence-corrected chi connectivity index (χ3v) is 28.1. The summed E-state index contributed by atoms with van der Waals surface area (Å²) in [6.45, 7) is 64.9. The molecule has 0 spiro atoms. The van der Waals surface area contributed by atoms with E-state index in [4.69, 9.17) is 30.7 Å². The van der Waals surface area contributed by atoms with Crippen molar-refractivity contribution in [2.75, 3.05) is 123 Å². The minimum Gasteiger partial charge on any atom is -0.481 e. The van der Waals surface area contributed by atoms with Crippen molar-refractivity contribution in [3.8, 4) is 0 Å². The number of rotatable bonds is 24. The van der Waals surface area contributed by atoms with Gasteiger partial charge in [-0.05, 0) is 244 Å². The van der Waals surface area contributed by atoms with E-state index in [9.17, 15) is 33.3 Å². The normalized spacial score (nSPS) is 18.1. The molecule has 0 unspecified atom stereocenters. The Balaban J connectivity index is 0.000000156. The van der Waals surface area contributed by atoms with Gasteiger partial charge in [0.15, 0.2) is 5.76 Å². The lowest BCUT2D eigenvalue weighted by molar-refractivity contribution is -0.142. The van der Waals surface area contributed by atoms with Crippen LogP contribution < -0.4 is 21.3 Å². The third-order valence-electron chi connectivity index (χ3n) is 25.8. The fourth-order valence-electron chi connectivity index (χ4n) is 16.7. The van der Waals surface area contributed by atoms with Crippen LogP contribution in [0.4, 0.5) is 46.1 Å². The predicted molar refractivity (Wildman–Crippen MR) is 518 cm³/mol. The lowest BCUT2D eigenvalue weighted by atomic mass is 9.76. The molecule has 0 radical (unpaired) electrons. The van der Waals surface area contributed by atoms with E-state index in [1.807, 2.05) is 36.0 Å². The van der Waals surface area contributed by atoms with E-state index in [1.165, 1.54) is 88.7 Å². The molecule has 0 atom stereocenters. The van der Waals surface area contributed by atoms with Crippen LogP contribution in [0.5, 0.6) is 0 Å². The first kappa shape index (κ1) is 96.5. The second kappa shape index (κ2) is 43.7. The molecule has 678 valence electrons. The second-order valence-corrected chi connectivity index (χ2v) is 41.1. The largest absolute Gasteiger partial charge is 0.481 e. The predicted octanol–water partition coefficient (Wildman–Crippen LogP) is 20.8. The van der Waals surface area contributed by atoms with Gasteiger partial charge in [-0.3, -0.25) is 43.1 Å². The van der Waals surface area contributed by atoms with Gasteiger partial charge in [0.25, 0.3) is 23.4 Å². The lowest BCUT2D eigenvalue weighted by Gasteiger charge is -2.34. The first-order chi connectivity index (χ1) is 61.7. The van der Waals surface area contributed by atoms with Crippen molar-refractivity contribution in [1.82, 2.24) is 49.5 Å². The number of imidazole rings is 3. The summed E-state index contributed by atoms with van der Waals surface area (Å²) >= 11 is 2.04. The molecule has 4 aromatic heterocycles. The molecule has 3 fully saturated rings. The molecular formula is C101H124N18O8S2. The van der Waals surface area contributed by atoms with Gasteiger partial charge in [-0.2, -0.15) is 16.6 Å². The molecule has 26 nitrogen and oxygen atoms in total. The minimum atomic E-state index is -1.06. The number of anilines is 4. The Kier molecular flexibility index (Phi) is 32.7. The van der Waals surface area contributed by atoms with Crippen molar-refractivity contribution >= 4 is 121 Å². The molecule has 0 saturated carbocycles. The van der Waals surface area contributed by atoms with Crippen molar-refractivity contribution in [3.05, 3.63) is 241 Å². The quantitative estimate of drug-likeness (QED) is 0.0261. The maximum Gasteiger partial charge on any atom is 0.346 e. The number of amides is 4. The molecule has 8 aromatic rings. The van der Waals surface area contributed by atoms with Crippen molar-refractivity contribution in [2.24, 2.45) is 21.7 Å². The molecule has 7 aliphatic rings. The van der Waals surface area contributed by atoms with Crippen molar-refractivity contribution in [3.63, 3.8) is 0 Å². The van der Waals surface area contributed by atoms with Gasteiger partial charge in [0.2, 0.25) is 17.5 Å². The Morgan fingerprint density at radius 3 is 1.13 bits per heavy atom. The van der Waals surface area contributed by atoms with Crippen LogP contribution in [0.2, 0.25) is 0 Å². The molecule has 15 rings (SSSR count). The van der Waals surface area contributed by atoms with E-state index in [2.05, 4.69) is 213 Å². The van der Waals surface area contributed by atoms with Gasteiger partial charge in [-0.15, -0.1) is 0 Å². The number of H-pyrrole nitrogens is 3. The number of likely N-dealkylation sites (N-methyl/N-ethyl adjacent to an activating group) is 1. The van der Waals surface area contributed by atoms with Crippen LogP contribution >= 0.6 is 11.8 Å². The molecule has 3 saturated heterocycles. The number of aromatic nitrogens is 6. The molecular weight excluding hydrogens is 1660 g/mol. The average Bonchev–Trinajstić information content (AvgIpc) is 1.55. The van der Waals surface area contributed by atoms with Crippen LogP contribution in [-0.2, 0) is 40.3 Å². The Labute approximate surface area is 766 Å². The first-order valence-corrected chi connectivity index (χ1v) is 47.7. The highest BCUT2D eigenvalue weighted by molar-refractivity contribution is 7.99. The zero-order valence-corrected chi connectivity index (χ0v) is 78.2. The Bertz CT molecular complexity index is 5700. The van der Waals surface area contributed by atoms with Gasteiger partial charge < -0.3 is 64.9 Å². The van der Waals surface area contributed by atoms with E-state index in [1.54, 1.807) is 26.0 Å². The van der Waals surface area contributed by atoms with E-state index in [-0.39, 0.29) is 69.7 Å². The number of carboxylic acid groups (broad SMARTS) is 1. The lowest BCUT2D eigenvalue weighted by Crippen LogP contribution is -2.46. The molecule has 0 bridgehead atoms. The summed E-state index contributed by atoms with van der Waals surface area (Å²) in [4.78, 5) is 106. The zero-order chi connectivity index (χ0) is 92.2. The number of aromatic amines is 3. The number of nitrogens with one attached hydrogen (secondary N) is 7. The Morgan fingerprint density at radius 1 is 0.465 bits per heavy atom. The van der Waals surface area contributed by atoms with Crippen LogP contribution in [-0.4, -0.2) is 190 Å². The molecule has 28 heteroatoms. The smallest absolute Gasteiger partial charge is 0.346 e. The number of piperazine rings is 1. The summed E-state index contributed by atoms with van der Waals surface area (Å²) in [5.74, 6) is 2.95. The first-order valence-electron chi connectivity index (χ1n) is 45.0. The fourth-order valence-corrected chi connectivity index (χ4v) is 18.8. The standard InChI is InChI=1S/C27H36N6O.C25H31N5O2S.C25H31N5OS.C24H26N2O4/c1-5-32-14-16-33(17-15-32)13-10-20-6-7-23(30-26(34)25-29-19-24(28-4)31-25)22(18-20)21-8-11-27(2,3)12-9-21;1-25(2)9-6-19(7-10-25)20-16-18(8-11-30-12-14-33(32)15-13-30)4-5-21(20)28-24(31)23-27-17-22(26-3)29-23;1-25(2)9-6-19(7-10-25)20-16-18(8-11-30-12-14-32-15-13-30)4-5-21(20)28-24(31)23-27-17-22(26-3)29-23;1-23(2)12-10-15(11-13-23)17-14-16(24(3,4)22(28)29)6-7-18(17)26-21(27)19-8-9-20(25-5)30-19/h6-8,18-19H,5,9-17H2,1-3H3,(H,29,31)(H,30,34);4-6,16-17H,7-15H2,1-2H3,(H,27,29)(H,28,31);4-6,16-17H,7-15H2,1-2H3,(H,27,29)(H,28,31);6-10,14H,11-13H2,1-4H3,(H,26,27)(H,28,29). The average molecular weight is 1780 g/mol. The van der Waals surface area contributed by atoms with Crippen molar-refractivity contribution in [1.29, 1.82) is 0 Å². The summed E-state index contributed by atoms with van der Waals surface area (Å²) in [5, 5.41) is 21.6. The topological polar surface area (TPSA) is 300 Å². The van der Waals surface area contributed by atoms with Gasteiger partial charge in [0.1, 0.15) is 0 Å². The monoisotopic (exact) mass is 1780 g/mol. The number of hydrogen-bond donors (Lipinski definition) is 8. The fraction of sp³-hybridized carbons (Fsp3) is 0.465. The van der Waals surface area contributed by atoms with Crippen LogP contribution in [0.15, 0.2) is 132 Å². The number of carboxylic acids is 1. The summed E-state index contributed by atoms with van der Waals surface area (Å²) in [6, 6.07) is 27.3. The van der Waals surface area contributed by atoms with Crippen molar-refractivity contribution < 1.29 is 37.7 Å². The molecule has 3 aliphatic heterocycles. The van der Waals surface area contributed by atoms with Gasteiger partial charge >= 0.3 is 29.6 Å². The summed E-state index contributed by atoms with van der Waals surface area (Å²) < 4.78 is 16.8. The number of carbonyl (C=O) groups is 5. The van der Waals surface area contributed by atoms with Crippen molar-refractivity contribution in [2.45, 2.75) is 178 Å². The maximum atomic E-state index is 12.8. The molecule has 8 N–H and O–H groups in total. The highest BCUT2D eigenvalue weighted by Crippen LogP contribution is 2.46. The van der Waals surface area contributed by atoms with Gasteiger partial charge in [0, 0.05) is 151 Å². The van der Waals surface area contributed by atoms with Crippen LogP contribution in [0, 0.1) is 47.9 Å². The van der Waals surface area contributed by atoms with Crippen LogP contribution in [0.1, 0.15) is 240 Å². The highest BCUT2D eigenvalue weighted by Gasteiger charge is 2.34. The van der Waals surface area contributed by atoms with E-state index in [0.29, 0.717) is 27.5 Å². The second-order valence-electron chi connectivity index (χ2n) is 38.1. The number of carbonyl (C=O) groups excluding carboxylic acids is 4. The van der Waals surface area contributed by atoms with E-state index in [0.717, 1.165) is 218 Å². The van der Waals surface area contributed by atoms with Gasteiger partial charge in [-0.25, -0.2) is 15.0 Å². The maximum absolute atomic E-state index is 12.8. The van der Waals surface area contributed by atoms with Gasteiger partial charge in [-0.1, -0.05) is 131 Å². The number of allylic oxidation sites excluding steroid dienone is 8. The van der Waals surface area contributed by atoms with Gasteiger partial charge in [0.05, 0.1) is 30.6 Å². The summed E-state index contributed by atoms with van der Waals surface area (Å²) in [5.41, 5.74) is 16.6. The third kappa shape index (κ3) is 27.0.